The smallest absolute Gasteiger partial charge is 0.221 e. The largest absolute Gasteiger partial charge is 0.373 e. The van der Waals surface area contributed by atoms with Crippen LogP contribution in [-0.4, -0.2) is 30.9 Å². The van der Waals surface area contributed by atoms with Crippen LogP contribution in [0.5, 0.6) is 0 Å². The Hall–Kier alpha value is -1.06. The molecule has 0 aromatic heterocycles. The van der Waals surface area contributed by atoms with Gasteiger partial charge in [0.25, 0.3) is 0 Å². The molecule has 0 saturated heterocycles. The number of carbonyl (C=O) groups is 1. The lowest BCUT2D eigenvalue weighted by atomic mass is 10.2. The van der Waals surface area contributed by atoms with E-state index in [0.29, 0.717) is 12.5 Å². The van der Waals surface area contributed by atoms with Crippen molar-refractivity contribution in [1.29, 1.82) is 0 Å². The molecule has 1 amide bonds. The molecule has 0 aromatic rings. The van der Waals surface area contributed by atoms with Gasteiger partial charge < -0.3 is 10.6 Å². The molecule has 1 aliphatic heterocycles. The fraction of sp³-hybridized carbons (Fsp3) is 0.833. The molecule has 90 valence electrons. The summed E-state index contributed by atoms with van der Waals surface area (Å²) < 4.78 is 0. The fourth-order valence-electron chi connectivity index (χ4n) is 1.87. The molecule has 0 spiro atoms. The van der Waals surface area contributed by atoms with E-state index in [2.05, 4.69) is 15.6 Å². The number of aliphatic imine (C=N–C) groups is 1. The van der Waals surface area contributed by atoms with E-state index in [-0.39, 0.29) is 5.91 Å². The minimum atomic E-state index is 0.171. The number of carbonyl (C=O) groups excluding carboxylic acids is 1. The summed E-state index contributed by atoms with van der Waals surface area (Å²) in [6.45, 7) is 1.66. The lowest BCUT2D eigenvalue weighted by Crippen LogP contribution is -2.31. The summed E-state index contributed by atoms with van der Waals surface area (Å²) in [4.78, 5) is 15.9. The quantitative estimate of drug-likeness (QED) is 0.753. The van der Waals surface area contributed by atoms with E-state index in [1.165, 1.54) is 19.3 Å². The zero-order valence-electron chi connectivity index (χ0n) is 9.80. The van der Waals surface area contributed by atoms with Gasteiger partial charge in [0.2, 0.25) is 5.91 Å². The highest BCUT2D eigenvalue weighted by Gasteiger charge is 2.22. The minimum Gasteiger partial charge on any atom is -0.373 e. The van der Waals surface area contributed by atoms with Crippen molar-refractivity contribution in [2.45, 2.75) is 51.0 Å². The van der Waals surface area contributed by atoms with E-state index in [4.69, 9.17) is 0 Å². The van der Waals surface area contributed by atoms with Gasteiger partial charge >= 0.3 is 0 Å². The molecular weight excluding hydrogens is 202 g/mol. The van der Waals surface area contributed by atoms with Crippen LogP contribution in [0.15, 0.2) is 4.99 Å². The molecule has 16 heavy (non-hydrogen) atoms. The maximum atomic E-state index is 11.4. The molecule has 1 saturated carbocycles. The first kappa shape index (κ1) is 11.4. The molecule has 4 nitrogen and oxygen atoms in total. The van der Waals surface area contributed by atoms with Gasteiger partial charge in [-0.1, -0.05) is 6.42 Å². The van der Waals surface area contributed by atoms with Gasteiger partial charge in [-0.15, -0.1) is 0 Å². The third-order valence-electron chi connectivity index (χ3n) is 3.00. The lowest BCUT2D eigenvalue weighted by Gasteiger charge is -2.08. The Labute approximate surface area is 96.9 Å². The zero-order valence-corrected chi connectivity index (χ0v) is 9.80. The van der Waals surface area contributed by atoms with Crippen molar-refractivity contribution < 1.29 is 4.79 Å². The molecule has 2 aliphatic rings. The summed E-state index contributed by atoms with van der Waals surface area (Å²) in [5.74, 6) is 1.26. The van der Waals surface area contributed by atoms with Crippen LogP contribution in [0.2, 0.25) is 0 Å². The second kappa shape index (κ2) is 5.87. The first-order valence-electron chi connectivity index (χ1n) is 6.41. The van der Waals surface area contributed by atoms with Crippen molar-refractivity contribution in [3.05, 3.63) is 0 Å². The summed E-state index contributed by atoms with van der Waals surface area (Å²) in [5.41, 5.74) is 0. The first-order valence-corrected chi connectivity index (χ1v) is 6.41. The standard InChI is InChI=1S/C12H21N3O/c16-12(15-10-5-6-10)7-9-14-11-4-2-1-3-8-13-11/h10H,1-9H2,(H,13,14)(H,15,16). The topological polar surface area (TPSA) is 53.5 Å². The SMILES string of the molecule is O=C(CCNC1=NCCCCC1)NC1CC1. The molecular formula is C12H21N3O. The number of amides is 1. The number of hydrogen-bond acceptors (Lipinski definition) is 3. The van der Waals surface area contributed by atoms with E-state index in [9.17, 15) is 4.79 Å². The molecule has 0 radical (unpaired) electrons. The maximum Gasteiger partial charge on any atom is 0.221 e. The Morgan fingerprint density at radius 3 is 3.00 bits per heavy atom. The van der Waals surface area contributed by atoms with Crippen molar-refractivity contribution >= 4 is 11.7 Å². The predicted molar refractivity (Wildman–Crippen MR) is 64.6 cm³/mol. The van der Waals surface area contributed by atoms with Crippen LogP contribution in [0.3, 0.4) is 0 Å². The molecule has 0 bridgehead atoms. The van der Waals surface area contributed by atoms with Gasteiger partial charge in [0.1, 0.15) is 0 Å². The van der Waals surface area contributed by atoms with E-state index >= 15 is 0 Å². The molecule has 0 aromatic carbocycles. The molecule has 1 fully saturated rings. The van der Waals surface area contributed by atoms with Crippen molar-refractivity contribution in [3.8, 4) is 0 Å². The molecule has 0 atom stereocenters. The van der Waals surface area contributed by atoms with Crippen molar-refractivity contribution in [3.63, 3.8) is 0 Å². The summed E-state index contributed by atoms with van der Waals surface area (Å²) in [6.07, 6.45) is 7.63. The van der Waals surface area contributed by atoms with Crippen LogP contribution in [0.1, 0.15) is 44.9 Å². The van der Waals surface area contributed by atoms with Gasteiger partial charge in [-0.05, 0) is 25.7 Å². The average molecular weight is 223 g/mol. The van der Waals surface area contributed by atoms with Crippen LogP contribution in [0, 0.1) is 0 Å². The first-order chi connectivity index (χ1) is 7.84. The molecule has 2 rings (SSSR count). The maximum absolute atomic E-state index is 11.4. The lowest BCUT2D eigenvalue weighted by molar-refractivity contribution is -0.121. The Kier molecular flexibility index (Phi) is 4.19. The van der Waals surface area contributed by atoms with Gasteiger partial charge in [-0.2, -0.15) is 0 Å². The van der Waals surface area contributed by atoms with Crippen molar-refractivity contribution in [2.24, 2.45) is 4.99 Å². The summed E-state index contributed by atoms with van der Waals surface area (Å²) in [7, 11) is 0. The van der Waals surface area contributed by atoms with Gasteiger partial charge in [0.15, 0.2) is 0 Å². The predicted octanol–water partition coefficient (Wildman–Crippen LogP) is 1.22. The molecule has 2 N–H and O–H groups in total. The number of nitrogens with one attached hydrogen (secondary N) is 2. The van der Waals surface area contributed by atoms with Gasteiger partial charge in [0.05, 0.1) is 5.84 Å². The highest BCUT2D eigenvalue weighted by molar-refractivity contribution is 5.83. The van der Waals surface area contributed by atoms with Gasteiger partial charge in [-0.3, -0.25) is 9.79 Å². The monoisotopic (exact) mass is 223 g/mol. The van der Waals surface area contributed by atoms with Crippen molar-refractivity contribution in [1.82, 2.24) is 10.6 Å². The molecule has 4 heteroatoms. The van der Waals surface area contributed by atoms with E-state index in [1.807, 2.05) is 0 Å². The molecule has 0 unspecified atom stereocenters. The van der Waals surface area contributed by atoms with Crippen LogP contribution >= 0.6 is 0 Å². The van der Waals surface area contributed by atoms with Crippen molar-refractivity contribution in [2.75, 3.05) is 13.1 Å². The Morgan fingerprint density at radius 2 is 2.19 bits per heavy atom. The van der Waals surface area contributed by atoms with Crippen LogP contribution < -0.4 is 10.6 Å². The fourth-order valence-corrected chi connectivity index (χ4v) is 1.87. The zero-order chi connectivity index (χ0) is 11.2. The highest BCUT2D eigenvalue weighted by atomic mass is 16.1. The summed E-state index contributed by atoms with van der Waals surface area (Å²) >= 11 is 0. The number of amidine groups is 1. The highest BCUT2D eigenvalue weighted by Crippen LogP contribution is 2.18. The minimum absolute atomic E-state index is 0.171. The average Bonchev–Trinajstić information content (AvgIpc) is 3.05. The number of hydrogen-bond donors (Lipinski definition) is 2. The van der Waals surface area contributed by atoms with Gasteiger partial charge in [0, 0.05) is 32.0 Å². The van der Waals surface area contributed by atoms with E-state index < -0.39 is 0 Å². The number of rotatable bonds is 4. The van der Waals surface area contributed by atoms with Crippen LogP contribution in [0.25, 0.3) is 0 Å². The van der Waals surface area contributed by atoms with Gasteiger partial charge in [-0.25, -0.2) is 0 Å². The summed E-state index contributed by atoms with van der Waals surface area (Å²) in [6, 6.07) is 0.475. The Bertz CT molecular complexity index is 271. The van der Waals surface area contributed by atoms with E-state index in [1.54, 1.807) is 0 Å². The van der Waals surface area contributed by atoms with Crippen LogP contribution in [0.4, 0.5) is 0 Å². The summed E-state index contributed by atoms with van der Waals surface area (Å²) in [5, 5.41) is 6.26. The Balaban J connectivity index is 1.58. The van der Waals surface area contributed by atoms with Crippen LogP contribution in [-0.2, 0) is 4.79 Å². The van der Waals surface area contributed by atoms with E-state index in [0.717, 1.165) is 38.2 Å². The Morgan fingerprint density at radius 1 is 1.31 bits per heavy atom. The third kappa shape index (κ3) is 4.21. The molecule has 1 aliphatic carbocycles. The third-order valence-corrected chi connectivity index (χ3v) is 3.00. The second-order valence-electron chi connectivity index (χ2n) is 4.66. The number of nitrogens with zero attached hydrogens (tertiary/aromatic N) is 1. The molecule has 1 heterocycles. The second-order valence-corrected chi connectivity index (χ2v) is 4.66. The normalized spacial score (nSPS) is 20.9.